The summed E-state index contributed by atoms with van der Waals surface area (Å²) in [5.41, 5.74) is 0.602. The van der Waals surface area contributed by atoms with Crippen molar-refractivity contribution in [2.75, 3.05) is 13.1 Å². The van der Waals surface area contributed by atoms with Crippen LogP contribution in [0.3, 0.4) is 0 Å². The maximum absolute atomic E-state index is 12.5. The molecule has 1 fully saturated rings. The first kappa shape index (κ1) is 14.5. The van der Waals surface area contributed by atoms with Gasteiger partial charge in [-0.2, -0.15) is 0 Å². The number of nitrogens with zero attached hydrogens (tertiary/aromatic N) is 2. The maximum atomic E-state index is 12.5. The molecule has 110 valence electrons. The SMILES string of the molecule is O=C(c1cc([I-]c2ccccc2)ccn1)N1CCCCC1. The van der Waals surface area contributed by atoms with Gasteiger partial charge >= 0.3 is 136 Å². The number of pyridine rings is 1. The standard InChI is InChI=1S/C17H18IN2O/c21-17(20-11-5-2-6-12-20)16-13-15(9-10-19-16)18-14-7-3-1-4-8-14/h1,3-4,7-10,13H,2,5-6,11-12H2/q-1. The number of amides is 1. The first-order valence-corrected chi connectivity index (χ1v) is 9.44. The molecule has 1 amide bonds. The van der Waals surface area contributed by atoms with E-state index in [2.05, 4.69) is 29.2 Å². The zero-order valence-electron chi connectivity index (χ0n) is 11.8. The first-order valence-electron chi connectivity index (χ1n) is 7.28. The molecule has 3 rings (SSSR count). The van der Waals surface area contributed by atoms with E-state index in [1.165, 1.54) is 13.6 Å². The molecule has 0 unspecified atom stereocenters. The minimum absolute atomic E-state index is 0.0913. The van der Waals surface area contributed by atoms with Crippen molar-refractivity contribution in [2.24, 2.45) is 0 Å². The van der Waals surface area contributed by atoms with Gasteiger partial charge in [0, 0.05) is 0 Å². The third kappa shape index (κ3) is 3.81. The molecule has 2 heterocycles. The van der Waals surface area contributed by atoms with Crippen molar-refractivity contribution in [2.45, 2.75) is 19.3 Å². The molecule has 0 radical (unpaired) electrons. The van der Waals surface area contributed by atoms with Crippen molar-refractivity contribution >= 4 is 5.91 Å². The Labute approximate surface area is 135 Å². The van der Waals surface area contributed by atoms with Crippen molar-refractivity contribution in [3.05, 3.63) is 61.5 Å². The van der Waals surface area contributed by atoms with Crippen LogP contribution in [0.4, 0.5) is 0 Å². The second-order valence-electron chi connectivity index (χ2n) is 5.10. The van der Waals surface area contributed by atoms with Gasteiger partial charge in [-0.25, -0.2) is 0 Å². The van der Waals surface area contributed by atoms with Crippen molar-refractivity contribution in [3.8, 4) is 0 Å². The number of rotatable bonds is 3. The van der Waals surface area contributed by atoms with Gasteiger partial charge in [0.1, 0.15) is 0 Å². The molecule has 1 aliphatic heterocycles. The summed E-state index contributed by atoms with van der Waals surface area (Å²) in [6.45, 7) is 1.75. The molecule has 0 spiro atoms. The normalized spacial score (nSPS) is 15.1. The summed E-state index contributed by atoms with van der Waals surface area (Å²) in [5, 5.41) is 0. The second kappa shape index (κ2) is 7.02. The van der Waals surface area contributed by atoms with Gasteiger partial charge in [-0.3, -0.25) is 0 Å². The number of likely N-dealkylation sites (tertiary alicyclic amines) is 1. The molecule has 1 aliphatic rings. The quantitative estimate of drug-likeness (QED) is 0.679. The van der Waals surface area contributed by atoms with Crippen LogP contribution in [-0.2, 0) is 0 Å². The summed E-state index contributed by atoms with van der Waals surface area (Å²) in [5.74, 6) is 0.0913. The predicted octanol–water partition coefficient (Wildman–Crippen LogP) is -0.164. The van der Waals surface area contributed by atoms with E-state index >= 15 is 0 Å². The first-order chi connectivity index (χ1) is 10.3. The van der Waals surface area contributed by atoms with Crippen LogP contribution in [0.1, 0.15) is 29.8 Å². The summed E-state index contributed by atoms with van der Waals surface area (Å²) < 4.78 is 2.61. The summed E-state index contributed by atoms with van der Waals surface area (Å²) in [6.07, 6.45) is 5.23. The summed E-state index contributed by atoms with van der Waals surface area (Å²) in [6, 6.07) is 14.5. The van der Waals surface area contributed by atoms with Gasteiger partial charge in [0.05, 0.1) is 0 Å². The van der Waals surface area contributed by atoms with E-state index in [4.69, 9.17) is 0 Å². The van der Waals surface area contributed by atoms with Gasteiger partial charge < -0.3 is 0 Å². The number of aromatic nitrogens is 1. The third-order valence-electron chi connectivity index (χ3n) is 3.54. The predicted molar refractivity (Wildman–Crippen MR) is 77.8 cm³/mol. The molecule has 0 bridgehead atoms. The van der Waals surface area contributed by atoms with Gasteiger partial charge in [0.2, 0.25) is 0 Å². The van der Waals surface area contributed by atoms with E-state index in [-0.39, 0.29) is 27.1 Å². The van der Waals surface area contributed by atoms with E-state index < -0.39 is 0 Å². The number of benzene rings is 1. The molecule has 1 aromatic carbocycles. The fraction of sp³-hybridized carbons (Fsp3) is 0.294. The van der Waals surface area contributed by atoms with Gasteiger partial charge in [-0.1, -0.05) is 0 Å². The van der Waals surface area contributed by atoms with E-state index in [9.17, 15) is 4.79 Å². The van der Waals surface area contributed by atoms with Crippen LogP contribution in [0.25, 0.3) is 0 Å². The molecule has 3 nitrogen and oxygen atoms in total. The number of hydrogen-bond acceptors (Lipinski definition) is 2. The monoisotopic (exact) mass is 393 g/mol. The molecule has 1 aromatic heterocycles. The van der Waals surface area contributed by atoms with Crippen molar-refractivity contribution in [1.29, 1.82) is 0 Å². The molecular formula is C17H18IN2O-. The number of hydrogen-bond donors (Lipinski definition) is 0. The Hall–Kier alpha value is -1.43. The van der Waals surface area contributed by atoms with E-state index in [1.54, 1.807) is 6.20 Å². The average molecular weight is 393 g/mol. The van der Waals surface area contributed by atoms with Gasteiger partial charge in [-0.15, -0.1) is 0 Å². The van der Waals surface area contributed by atoms with Crippen molar-refractivity contribution in [1.82, 2.24) is 9.88 Å². The Morgan fingerprint density at radius 3 is 2.52 bits per heavy atom. The van der Waals surface area contributed by atoms with Crippen LogP contribution in [0.5, 0.6) is 0 Å². The molecule has 0 aliphatic carbocycles. The fourth-order valence-corrected chi connectivity index (χ4v) is 4.73. The summed E-state index contributed by atoms with van der Waals surface area (Å²) in [4.78, 5) is 18.7. The Morgan fingerprint density at radius 1 is 1.00 bits per heavy atom. The van der Waals surface area contributed by atoms with E-state index in [1.807, 2.05) is 23.1 Å². The van der Waals surface area contributed by atoms with Crippen LogP contribution in [0.15, 0.2) is 48.7 Å². The van der Waals surface area contributed by atoms with Crippen LogP contribution in [0.2, 0.25) is 0 Å². The van der Waals surface area contributed by atoms with Crippen LogP contribution < -0.4 is 21.2 Å². The molecule has 1 saturated heterocycles. The third-order valence-corrected chi connectivity index (χ3v) is 6.17. The average Bonchev–Trinajstić information content (AvgIpc) is 2.56. The Bertz CT molecular complexity index is 609. The zero-order valence-corrected chi connectivity index (χ0v) is 14.0. The van der Waals surface area contributed by atoms with E-state index in [0.29, 0.717) is 5.69 Å². The zero-order chi connectivity index (χ0) is 14.5. The molecule has 0 N–H and O–H groups in total. The van der Waals surface area contributed by atoms with Crippen molar-refractivity contribution < 1.29 is 26.0 Å². The number of carbonyl (C=O) groups is 1. The molecule has 21 heavy (non-hydrogen) atoms. The van der Waals surface area contributed by atoms with Gasteiger partial charge in [-0.05, 0) is 0 Å². The van der Waals surface area contributed by atoms with Gasteiger partial charge in [0.15, 0.2) is 0 Å². The van der Waals surface area contributed by atoms with Crippen molar-refractivity contribution in [3.63, 3.8) is 0 Å². The van der Waals surface area contributed by atoms with E-state index in [0.717, 1.165) is 25.9 Å². The summed E-state index contributed by atoms with van der Waals surface area (Å²) >= 11 is -0.243. The molecule has 0 atom stereocenters. The Morgan fingerprint density at radius 2 is 1.76 bits per heavy atom. The fourth-order valence-electron chi connectivity index (χ4n) is 2.44. The summed E-state index contributed by atoms with van der Waals surface area (Å²) in [7, 11) is 0. The second-order valence-corrected chi connectivity index (χ2v) is 8.13. The minimum atomic E-state index is -0.243. The number of halogens is 1. The number of piperidine rings is 1. The topological polar surface area (TPSA) is 33.2 Å². The molecular weight excluding hydrogens is 375 g/mol. The van der Waals surface area contributed by atoms with Crippen LogP contribution in [0, 0.1) is 7.14 Å². The van der Waals surface area contributed by atoms with Crippen LogP contribution >= 0.6 is 0 Å². The molecule has 4 heteroatoms. The van der Waals surface area contributed by atoms with Gasteiger partial charge in [0.25, 0.3) is 0 Å². The Balaban J connectivity index is 1.75. The number of carbonyl (C=O) groups excluding carboxylic acids is 1. The molecule has 2 aromatic rings. The Kier molecular flexibility index (Phi) is 4.85. The molecule has 0 saturated carbocycles. The van der Waals surface area contributed by atoms with Crippen LogP contribution in [-0.4, -0.2) is 28.9 Å².